The maximum Gasteiger partial charge on any atom is 0.167 e. The number of aliphatic hydroxyl groups is 1. The van der Waals surface area contributed by atoms with Crippen LogP contribution >= 0.6 is 0 Å². The summed E-state index contributed by atoms with van der Waals surface area (Å²) in [5.41, 5.74) is 5.71. The molecule has 4 heteroatoms. The molecule has 0 aliphatic heterocycles. The Morgan fingerprint density at radius 2 is 2.23 bits per heavy atom. The highest BCUT2D eigenvalue weighted by molar-refractivity contribution is 5.42. The second kappa shape index (κ2) is 4.67. The standard InChI is InChI=1S/C9H12FNO2/c10-8-6-7(11)2-3-9(8)13-5-1-4-12/h2-3,6,12H,1,4-5,11H2. The molecule has 0 spiro atoms. The number of anilines is 1. The Morgan fingerprint density at radius 3 is 2.85 bits per heavy atom. The lowest BCUT2D eigenvalue weighted by atomic mass is 10.3. The van der Waals surface area contributed by atoms with Gasteiger partial charge in [-0.1, -0.05) is 0 Å². The van der Waals surface area contributed by atoms with Crippen molar-refractivity contribution in [2.45, 2.75) is 6.42 Å². The second-order valence-corrected chi connectivity index (χ2v) is 2.62. The number of nitrogen functional groups attached to an aromatic ring is 1. The van der Waals surface area contributed by atoms with E-state index >= 15 is 0 Å². The lowest BCUT2D eigenvalue weighted by Gasteiger charge is -2.06. The van der Waals surface area contributed by atoms with Crippen molar-refractivity contribution >= 4 is 5.69 Å². The van der Waals surface area contributed by atoms with Gasteiger partial charge in [-0.2, -0.15) is 0 Å². The van der Waals surface area contributed by atoms with Crippen molar-refractivity contribution in [3.8, 4) is 5.75 Å². The molecule has 0 radical (unpaired) electrons. The molecule has 0 saturated carbocycles. The van der Waals surface area contributed by atoms with Gasteiger partial charge >= 0.3 is 0 Å². The van der Waals surface area contributed by atoms with Gasteiger partial charge in [-0.15, -0.1) is 0 Å². The Labute approximate surface area is 75.9 Å². The normalized spacial score (nSPS) is 10.0. The molecule has 1 aromatic rings. The smallest absolute Gasteiger partial charge is 0.167 e. The summed E-state index contributed by atoms with van der Waals surface area (Å²) in [5, 5.41) is 8.46. The monoisotopic (exact) mass is 185 g/mol. The van der Waals surface area contributed by atoms with Crippen molar-refractivity contribution in [1.82, 2.24) is 0 Å². The van der Waals surface area contributed by atoms with Gasteiger partial charge < -0.3 is 15.6 Å². The molecule has 0 aliphatic rings. The summed E-state index contributed by atoms with van der Waals surface area (Å²) < 4.78 is 18.1. The molecular weight excluding hydrogens is 173 g/mol. The zero-order valence-corrected chi connectivity index (χ0v) is 7.16. The molecule has 1 aromatic carbocycles. The first-order chi connectivity index (χ1) is 6.24. The number of nitrogens with two attached hydrogens (primary N) is 1. The SMILES string of the molecule is Nc1ccc(OCCCO)c(F)c1. The minimum atomic E-state index is -0.474. The maximum absolute atomic E-state index is 13.0. The molecular formula is C9H12FNO2. The van der Waals surface area contributed by atoms with E-state index in [1.54, 1.807) is 6.07 Å². The molecule has 0 unspecified atom stereocenters. The third-order valence-electron chi connectivity index (χ3n) is 1.52. The van der Waals surface area contributed by atoms with Gasteiger partial charge in [0.1, 0.15) is 0 Å². The lowest BCUT2D eigenvalue weighted by Crippen LogP contribution is -2.01. The molecule has 1 rings (SSSR count). The van der Waals surface area contributed by atoms with Crippen molar-refractivity contribution in [1.29, 1.82) is 0 Å². The van der Waals surface area contributed by atoms with Crippen molar-refractivity contribution in [3.63, 3.8) is 0 Å². The molecule has 3 nitrogen and oxygen atoms in total. The van der Waals surface area contributed by atoms with E-state index in [1.165, 1.54) is 12.1 Å². The summed E-state index contributed by atoms with van der Waals surface area (Å²) in [5.74, 6) is -0.305. The van der Waals surface area contributed by atoms with Crippen molar-refractivity contribution < 1.29 is 14.2 Å². The fraction of sp³-hybridized carbons (Fsp3) is 0.333. The molecule has 13 heavy (non-hydrogen) atoms. The Kier molecular flexibility index (Phi) is 3.52. The number of hydrogen-bond acceptors (Lipinski definition) is 3. The molecule has 0 heterocycles. The third kappa shape index (κ3) is 2.91. The topological polar surface area (TPSA) is 55.5 Å². The van der Waals surface area contributed by atoms with Gasteiger partial charge in [0.25, 0.3) is 0 Å². The highest BCUT2D eigenvalue weighted by Gasteiger charge is 2.02. The lowest BCUT2D eigenvalue weighted by molar-refractivity contribution is 0.228. The minimum absolute atomic E-state index is 0.0383. The van der Waals surface area contributed by atoms with Crippen LogP contribution in [0.25, 0.3) is 0 Å². The van der Waals surface area contributed by atoms with E-state index < -0.39 is 5.82 Å². The van der Waals surface area contributed by atoms with Crippen LogP contribution in [0.4, 0.5) is 10.1 Å². The molecule has 72 valence electrons. The zero-order valence-electron chi connectivity index (χ0n) is 7.16. The number of benzene rings is 1. The van der Waals surface area contributed by atoms with Crippen LogP contribution in [0.3, 0.4) is 0 Å². The van der Waals surface area contributed by atoms with E-state index in [9.17, 15) is 4.39 Å². The quantitative estimate of drug-likeness (QED) is 0.547. The van der Waals surface area contributed by atoms with Gasteiger partial charge in [0.15, 0.2) is 11.6 Å². The van der Waals surface area contributed by atoms with Crippen molar-refractivity contribution in [2.24, 2.45) is 0 Å². The molecule has 0 aliphatic carbocycles. The Balaban J connectivity index is 2.56. The summed E-state index contributed by atoms with van der Waals surface area (Å²) in [7, 11) is 0. The molecule has 0 aromatic heterocycles. The van der Waals surface area contributed by atoms with Crippen LogP contribution in [-0.2, 0) is 0 Å². The van der Waals surface area contributed by atoms with Crippen LogP contribution in [0, 0.1) is 5.82 Å². The van der Waals surface area contributed by atoms with Gasteiger partial charge in [-0.05, 0) is 12.1 Å². The van der Waals surface area contributed by atoms with Crippen molar-refractivity contribution in [2.75, 3.05) is 18.9 Å². The molecule has 0 bridgehead atoms. The highest BCUT2D eigenvalue weighted by Crippen LogP contribution is 2.19. The van der Waals surface area contributed by atoms with Crippen LogP contribution in [0.15, 0.2) is 18.2 Å². The first-order valence-corrected chi connectivity index (χ1v) is 4.02. The second-order valence-electron chi connectivity index (χ2n) is 2.62. The van der Waals surface area contributed by atoms with Gasteiger partial charge in [0.2, 0.25) is 0 Å². The molecule has 0 atom stereocenters. The molecule has 0 amide bonds. The number of rotatable bonds is 4. The van der Waals surface area contributed by atoms with Gasteiger partial charge in [0.05, 0.1) is 6.61 Å². The molecule has 0 fully saturated rings. The van der Waals surface area contributed by atoms with E-state index in [1.807, 2.05) is 0 Å². The van der Waals surface area contributed by atoms with Crippen LogP contribution in [0.1, 0.15) is 6.42 Å². The average Bonchev–Trinajstić information content (AvgIpc) is 2.09. The van der Waals surface area contributed by atoms with E-state index in [4.69, 9.17) is 15.6 Å². The van der Waals surface area contributed by atoms with Gasteiger partial charge in [-0.25, -0.2) is 4.39 Å². The fourth-order valence-corrected chi connectivity index (χ4v) is 0.881. The fourth-order valence-electron chi connectivity index (χ4n) is 0.881. The Hall–Kier alpha value is -1.29. The largest absolute Gasteiger partial charge is 0.490 e. The summed E-state index contributed by atoms with van der Waals surface area (Å²) in [4.78, 5) is 0. The van der Waals surface area contributed by atoms with E-state index in [0.717, 1.165) is 0 Å². The first kappa shape index (κ1) is 9.80. The van der Waals surface area contributed by atoms with Crippen LogP contribution < -0.4 is 10.5 Å². The molecule has 0 saturated heterocycles. The van der Waals surface area contributed by atoms with E-state index in [0.29, 0.717) is 18.7 Å². The summed E-state index contributed by atoms with van der Waals surface area (Å²) in [6, 6.07) is 4.24. The van der Waals surface area contributed by atoms with Gasteiger partial charge in [0, 0.05) is 24.8 Å². The van der Waals surface area contributed by atoms with Gasteiger partial charge in [-0.3, -0.25) is 0 Å². The van der Waals surface area contributed by atoms with Crippen LogP contribution in [0.5, 0.6) is 5.75 Å². The zero-order chi connectivity index (χ0) is 9.68. The Morgan fingerprint density at radius 1 is 1.46 bits per heavy atom. The van der Waals surface area contributed by atoms with Crippen LogP contribution in [0.2, 0.25) is 0 Å². The highest BCUT2D eigenvalue weighted by atomic mass is 19.1. The first-order valence-electron chi connectivity index (χ1n) is 4.02. The summed E-state index contributed by atoms with van der Waals surface area (Å²) >= 11 is 0. The number of halogens is 1. The average molecular weight is 185 g/mol. The van der Waals surface area contributed by atoms with Crippen LogP contribution in [-0.4, -0.2) is 18.3 Å². The predicted molar refractivity (Wildman–Crippen MR) is 48.0 cm³/mol. The number of hydrogen-bond donors (Lipinski definition) is 2. The number of ether oxygens (including phenoxy) is 1. The third-order valence-corrected chi connectivity index (χ3v) is 1.52. The van der Waals surface area contributed by atoms with E-state index in [-0.39, 0.29) is 12.4 Å². The molecule has 3 N–H and O–H groups in total. The Bertz CT molecular complexity index is 278. The minimum Gasteiger partial charge on any atom is -0.490 e. The maximum atomic E-state index is 13.0. The predicted octanol–water partition coefficient (Wildman–Crippen LogP) is 1.17. The van der Waals surface area contributed by atoms with Crippen molar-refractivity contribution in [3.05, 3.63) is 24.0 Å². The summed E-state index contributed by atoms with van der Waals surface area (Å²) in [6.07, 6.45) is 0.490. The van der Waals surface area contributed by atoms with E-state index in [2.05, 4.69) is 0 Å². The summed E-state index contributed by atoms with van der Waals surface area (Å²) in [6.45, 7) is 0.341. The number of aliphatic hydroxyl groups excluding tert-OH is 1.